The van der Waals surface area contributed by atoms with Gasteiger partial charge in [0, 0.05) is 24.0 Å². The molecule has 0 radical (unpaired) electrons. The number of nitrogens with zero attached hydrogens (tertiary/aromatic N) is 2. The molecule has 6 nitrogen and oxygen atoms in total. The molecule has 0 unspecified atom stereocenters. The number of rotatable bonds is 4. The predicted octanol–water partition coefficient (Wildman–Crippen LogP) is 4.90. The SMILES string of the molecule is COc1ccc([C@@H]2c3c(oc4cc(C)c(Cl)cc4c3=O)C(=O)N2Cc2cccnc2)cc1. The summed E-state index contributed by atoms with van der Waals surface area (Å²) in [6.07, 6.45) is 3.38. The smallest absolute Gasteiger partial charge is 0.291 e. The number of methoxy groups -OCH3 is 1. The summed E-state index contributed by atoms with van der Waals surface area (Å²) < 4.78 is 11.3. The molecule has 1 aliphatic rings. The van der Waals surface area contributed by atoms with Crippen LogP contribution in [0.3, 0.4) is 0 Å². The molecule has 0 bridgehead atoms. The lowest BCUT2D eigenvalue weighted by Gasteiger charge is -2.25. The molecule has 3 heterocycles. The fourth-order valence-corrected chi connectivity index (χ4v) is 4.29. The number of ether oxygens (including phenoxy) is 1. The monoisotopic (exact) mass is 446 g/mol. The Bertz CT molecular complexity index is 1400. The van der Waals surface area contributed by atoms with E-state index in [-0.39, 0.29) is 23.6 Å². The quantitative estimate of drug-likeness (QED) is 0.445. The van der Waals surface area contributed by atoms with E-state index in [1.54, 1.807) is 36.5 Å². The van der Waals surface area contributed by atoms with Crippen LogP contribution in [-0.4, -0.2) is 22.9 Å². The maximum atomic E-state index is 13.6. The Kier molecular flexibility index (Phi) is 4.94. The average Bonchev–Trinajstić information content (AvgIpc) is 3.08. The first-order valence-electron chi connectivity index (χ1n) is 10.1. The van der Waals surface area contributed by atoms with Gasteiger partial charge in [-0.15, -0.1) is 0 Å². The standard InChI is InChI=1S/C25H19ClN2O4/c1-14-10-20-18(11-19(14)26)23(29)21-22(16-5-7-17(31-2)8-6-16)28(25(30)24(21)32-20)13-15-4-3-9-27-12-15/h3-12,22H,13H2,1-2H3/t22-/m1/s1. The Morgan fingerprint density at radius 1 is 1.16 bits per heavy atom. The van der Waals surface area contributed by atoms with Gasteiger partial charge in [-0.2, -0.15) is 0 Å². The molecule has 0 aliphatic carbocycles. The lowest BCUT2D eigenvalue weighted by Crippen LogP contribution is -2.29. The van der Waals surface area contributed by atoms with Crippen LogP contribution >= 0.6 is 11.6 Å². The molecule has 2 aromatic carbocycles. The van der Waals surface area contributed by atoms with E-state index in [0.29, 0.717) is 27.3 Å². The van der Waals surface area contributed by atoms with Crippen molar-refractivity contribution in [2.24, 2.45) is 0 Å². The second-order valence-electron chi connectivity index (χ2n) is 7.74. The van der Waals surface area contributed by atoms with E-state index < -0.39 is 6.04 Å². The van der Waals surface area contributed by atoms with E-state index in [2.05, 4.69) is 4.98 Å². The fraction of sp³-hybridized carbons (Fsp3) is 0.160. The Hall–Kier alpha value is -3.64. The molecule has 4 aromatic rings. The number of halogens is 1. The third kappa shape index (κ3) is 3.24. The zero-order chi connectivity index (χ0) is 22.4. The molecule has 0 N–H and O–H groups in total. The van der Waals surface area contributed by atoms with Crippen LogP contribution in [0, 0.1) is 6.92 Å². The van der Waals surface area contributed by atoms with Crippen LogP contribution < -0.4 is 10.2 Å². The van der Waals surface area contributed by atoms with Crippen LogP contribution in [0.2, 0.25) is 5.02 Å². The van der Waals surface area contributed by atoms with Crippen molar-refractivity contribution < 1.29 is 13.9 Å². The minimum Gasteiger partial charge on any atom is -0.497 e. The van der Waals surface area contributed by atoms with Gasteiger partial charge in [-0.3, -0.25) is 14.6 Å². The van der Waals surface area contributed by atoms with Gasteiger partial charge in [-0.05, 0) is 53.9 Å². The van der Waals surface area contributed by atoms with Crippen molar-refractivity contribution in [3.05, 3.63) is 104 Å². The molecule has 0 spiro atoms. The normalized spacial score (nSPS) is 15.3. The van der Waals surface area contributed by atoms with Gasteiger partial charge in [0.05, 0.1) is 24.1 Å². The first-order chi connectivity index (χ1) is 15.5. The Balaban J connectivity index is 1.73. The molecular weight excluding hydrogens is 428 g/mol. The minimum absolute atomic E-state index is 0.0638. The average molecular weight is 447 g/mol. The molecular formula is C25H19ClN2O4. The summed E-state index contributed by atoms with van der Waals surface area (Å²) in [5.74, 6) is 0.412. The molecule has 2 aromatic heterocycles. The highest BCUT2D eigenvalue weighted by Crippen LogP contribution is 2.40. The summed E-state index contributed by atoms with van der Waals surface area (Å²) in [6.45, 7) is 2.11. The van der Waals surface area contributed by atoms with E-state index in [9.17, 15) is 9.59 Å². The van der Waals surface area contributed by atoms with Gasteiger partial charge in [0.2, 0.25) is 5.76 Å². The topological polar surface area (TPSA) is 72.6 Å². The van der Waals surface area contributed by atoms with Gasteiger partial charge in [-0.1, -0.05) is 29.8 Å². The maximum absolute atomic E-state index is 13.6. The van der Waals surface area contributed by atoms with Crippen molar-refractivity contribution in [3.63, 3.8) is 0 Å². The zero-order valence-electron chi connectivity index (χ0n) is 17.5. The Labute approximate surface area is 189 Å². The fourth-order valence-electron chi connectivity index (χ4n) is 4.13. The van der Waals surface area contributed by atoms with E-state index >= 15 is 0 Å². The number of carbonyl (C=O) groups is 1. The maximum Gasteiger partial charge on any atom is 0.291 e. The van der Waals surface area contributed by atoms with Gasteiger partial charge in [0.25, 0.3) is 5.91 Å². The molecule has 160 valence electrons. The summed E-state index contributed by atoms with van der Waals surface area (Å²) in [7, 11) is 1.59. The van der Waals surface area contributed by atoms with E-state index in [1.165, 1.54) is 0 Å². The van der Waals surface area contributed by atoms with Crippen molar-refractivity contribution in [2.75, 3.05) is 7.11 Å². The predicted molar refractivity (Wildman–Crippen MR) is 121 cm³/mol. The first-order valence-corrected chi connectivity index (χ1v) is 10.5. The molecule has 32 heavy (non-hydrogen) atoms. The van der Waals surface area contributed by atoms with Crippen molar-refractivity contribution in [3.8, 4) is 5.75 Å². The Morgan fingerprint density at radius 3 is 2.62 bits per heavy atom. The van der Waals surface area contributed by atoms with Gasteiger partial charge in [0.1, 0.15) is 11.3 Å². The molecule has 1 aliphatic heterocycles. The number of pyridine rings is 1. The van der Waals surface area contributed by atoms with Crippen molar-refractivity contribution in [2.45, 2.75) is 19.5 Å². The van der Waals surface area contributed by atoms with Gasteiger partial charge < -0.3 is 14.1 Å². The molecule has 5 rings (SSSR count). The van der Waals surface area contributed by atoms with E-state index in [1.807, 2.05) is 43.3 Å². The third-order valence-corrected chi connectivity index (χ3v) is 6.16. The lowest BCUT2D eigenvalue weighted by atomic mass is 9.98. The van der Waals surface area contributed by atoms with Crippen molar-refractivity contribution in [1.82, 2.24) is 9.88 Å². The number of aromatic nitrogens is 1. The highest BCUT2D eigenvalue weighted by Gasteiger charge is 2.42. The number of amides is 1. The molecule has 1 atom stereocenters. The summed E-state index contributed by atoms with van der Waals surface area (Å²) in [5, 5.41) is 0.830. The highest BCUT2D eigenvalue weighted by molar-refractivity contribution is 6.32. The number of aryl methyl sites for hydroxylation is 1. The Morgan fingerprint density at radius 2 is 1.94 bits per heavy atom. The third-order valence-electron chi connectivity index (χ3n) is 5.75. The minimum atomic E-state index is -0.607. The number of hydrogen-bond acceptors (Lipinski definition) is 5. The first kappa shape index (κ1) is 20.3. The molecule has 0 saturated heterocycles. The lowest BCUT2D eigenvalue weighted by molar-refractivity contribution is 0.0714. The largest absolute Gasteiger partial charge is 0.497 e. The van der Waals surface area contributed by atoms with Crippen LogP contribution in [0.25, 0.3) is 11.0 Å². The number of fused-ring (bicyclic) bond motifs is 2. The summed E-state index contributed by atoms with van der Waals surface area (Å²) in [5.41, 5.74) is 2.81. The van der Waals surface area contributed by atoms with Crippen molar-refractivity contribution in [1.29, 1.82) is 0 Å². The van der Waals surface area contributed by atoms with E-state index in [4.69, 9.17) is 20.8 Å². The van der Waals surface area contributed by atoms with Crippen LogP contribution in [0.1, 0.15) is 38.9 Å². The van der Waals surface area contributed by atoms with Crippen LogP contribution in [0.4, 0.5) is 0 Å². The van der Waals surface area contributed by atoms with E-state index in [0.717, 1.165) is 16.7 Å². The molecule has 0 fully saturated rings. The zero-order valence-corrected chi connectivity index (χ0v) is 18.2. The van der Waals surface area contributed by atoms with Crippen LogP contribution in [0.5, 0.6) is 5.75 Å². The molecule has 0 saturated carbocycles. The van der Waals surface area contributed by atoms with Gasteiger partial charge in [0.15, 0.2) is 5.43 Å². The van der Waals surface area contributed by atoms with Gasteiger partial charge in [-0.25, -0.2) is 0 Å². The summed E-state index contributed by atoms with van der Waals surface area (Å²) in [4.78, 5) is 32.9. The number of carbonyl (C=O) groups excluding carboxylic acids is 1. The molecule has 7 heteroatoms. The van der Waals surface area contributed by atoms with Crippen LogP contribution in [0.15, 0.2) is 70.1 Å². The number of hydrogen-bond donors (Lipinski definition) is 0. The van der Waals surface area contributed by atoms with Crippen LogP contribution in [-0.2, 0) is 6.54 Å². The highest BCUT2D eigenvalue weighted by atomic mass is 35.5. The van der Waals surface area contributed by atoms with Gasteiger partial charge >= 0.3 is 0 Å². The van der Waals surface area contributed by atoms with Crippen molar-refractivity contribution >= 4 is 28.5 Å². The summed E-state index contributed by atoms with van der Waals surface area (Å²) in [6, 6.07) is 13.7. The number of benzene rings is 2. The second kappa shape index (κ2) is 7.80. The molecule has 1 amide bonds. The second-order valence-corrected chi connectivity index (χ2v) is 8.15. The summed E-state index contributed by atoms with van der Waals surface area (Å²) >= 11 is 6.28.